The quantitative estimate of drug-likeness (QED) is 0.498. The third kappa shape index (κ3) is 5.53. The molecule has 0 spiro atoms. The maximum Gasteiger partial charge on any atom is 0.360 e. The molecule has 2 aromatic carbocycles. The van der Waals surface area contributed by atoms with Crippen molar-refractivity contribution in [2.45, 2.75) is 13.2 Å². The number of pyridine rings is 1. The first-order valence-corrected chi connectivity index (χ1v) is 9.23. The first-order valence-electron chi connectivity index (χ1n) is 9.23. The number of rotatable bonds is 9. The number of methoxy groups -OCH3 is 1. The molecule has 0 N–H and O–H groups in total. The van der Waals surface area contributed by atoms with Crippen LogP contribution in [0.5, 0.6) is 5.75 Å². The van der Waals surface area contributed by atoms with Gasteiger partial charge in [-0.05, 0) is 22.8 Å². The number of nitrogens with zero attached hydrogens (tertiary/aromatic N) is 1. The van der Waals surface area contributed by atoms with E-state index in [0.29, 0.717) is 36.7 Å². The number of benzene rings is 2. The molecule has 0 aliphatic carbocycles. The molecule has 0 radical (unpaired) electrons. The van der Waals surface area contributed by atoms with Crippen LogP contribution >= 0.6 is 0 Å². The van der Waals surface area contributed by atoms with Gasteiger partial charge < -0.3 is 14.2 Å². The van der Waals surface area contributed by atoms with Crippen molar-refractivity contribution in [3.05, 3.63) is 102 Å². The topological polar surface area (TPSA) is 57.7 Å². The van der Waals surface area contributed by atoms with Crippen LogP contribution in [0, 0.1) is 0 Å². The summed E-state index contributed by atoms with van der Waals surface area (Å²) in [7, 11) is 1.31. The van der Waals surface area contributed by atoms with Gasteiger partial charge in [0.1, 0.15) is 6.61 Å². The minimum absolute atomic E-state index is 0.116. The Labute approximate surface area is 170 Å². The van der Waals surface area contributed by atoms with Crippen LogP contribution in [0.4, 0.5) is 0 Å². The standard InChI is InChI=1S/C24H23NO4/c1-18(15-28-16-19-9-5-3-6-10-19)21-13-14-25-22(24(26)27-2)23(21)29-17-20-11-7-4-8-12-20/h3-14H,1,15-17H2,2H3. The third-order valence-corrected chi connectivity index (χ3v) is 4.28. The van der Waals surface area contributed by atoms with Crippen molar-refractivity contribution in [2.24, 2.45) is 0 Å². The van der Waals surface area contributed by atoms with Gasteiger partial charge in [-0.25, -0.2) is 9.78 Å². The highest BCUT2D eigenvalue weighted by Gasteiger charge is 2.20. The van der Waals surface area contributed by atoms with E-state index < -0.39 is 5.97 Å². The normalized spacial score (nSPS) is 10.4. The monoisotopic (exact) mass is 389 g/mol. The fourth-order valence-corrected chi connectivity index (χ4v) is 2.79. The van der Waals surface area contributed by atoms with Gasteiger partial charge >= 0.3 is 5.97 Å². The third-order valence-electron chi connectivity index (χ3n) is 4.28. The zero-order chi connectivity index (χ0) is 20.5. The van der Waals surface area contributed by atoms with Gasteiger partial charge in [0.15, 0.2) is 11.4 Å². The highest BCUT2D eigenvalue weighted by Crippen LogP contribution is 2.29. The largest absolute Gasteiger partial charge is 0.486 e. The molecular weight excluding hydrogens is 366 g/mol. The Morgan fingerprint density at radius 2 is 1.55 bits per heavy atom. The van der Waals surface area contributed by atoms with Gasteiger partial charge in [-0.3, -0.25) is 0 Å². The summed E-state index contributed by atoms with van der Waals surface area (Å²) in [6, 6.07) is 21.4. The number of carbonyl (C=O) groups excluding carboxylic acids is 1. The molecule has 0 atom stereocenters. The van der Waals surface area contributed by atoms with Crippen molar-refractivity contribution in [2.75, 3.05) is 13.7 Å². The van der Waals surface area contributed by atoms with E-state index >= 15 is 0 Å². The molecule has 3 aromatic rings. The van der Waals surface area contributed by atoms with Crippen molar-refractivity contribution in [3.63, 3.8) is 0 Å². The van der Waals surface area contributed by atoms with E-state index in [-0.39, 0.29) is 5.69 Å². The number of hydrogen-bond acceptors (Lipinski definition) is 5. The molecule has 0 saturated carbocycles. The van der Waals surface area contributed by atoms with Crippen molar-refractivity contribution in [1.29, 1.82) is 0 Å². The average molecular weight is 389 g/mol. The fraction of sp³-hybridized carbons (Fsp3) is 0.167. The molecule has 5 nitrogen and oxygen atoms in total. The van der Waals surface area contributed by atoms with Crippen LogP contribution in [-0.4, -0.2) is 24.7 Å². The predicted molar refractivity (Wildman–Crippen MR) is 111 cm³/mol. The lowest BCUT2D eigenvalue weighted by molar-refractivity contribution is 0.0588. The minimum atomic E-state index is -0.562. The van der Waals surface area contributed by atoms with Crippen LogP contribution in [0.3, 0.4) is 0 Å². The molecule has 5 heteroatoms. The van der Waals surface area contributed by atoms with E-state index in [9.17, 15) is 4.79 Å². The van der Waals surface area contributed by atoms with Crippen molar-refractivity contribution >= 4 is 11.5 Å². The zero-order valence-corrected chi connectivity index (χ0v) is 16.3. The molecule has 0 bridgehead atoms. The lowest BCUT2D eigenvalue weighted by Crippen LogP contribution is -2.11. The van der Waals surface area contributed by atoms with Gasteiger partial charge in [0, 0.05) is 11.8 Å². The van der Waals surface area contributed by atoms with E-state index in [1.165, 1.54) is 7.11 Å². The summed E-state index contributed by atoms with van der Waals surface area (Å²) in [4.78, 5) is 16.3. The average Bonchev–Trinajstić information content (AvgIpc) is 2.78. The molecule has 0 unspecified atom stereocenters. The van der Waals surface area contributed by atoms with Crippen LogP contribution in [0.15, 0.2) is 79.5 Å². The molecule has 0 aliphatic heterocycles. The molecule has 1 aromatic heterocycles. The summed E-state index contributed by atoms with van der Waals surface area (Å²) in [5, 5.41) is 0. The Kier molecular flexibility index (Phi) is 7.14. The number of aromatic nitrogens is 1. The summed E-state index contributed by atoms with van der Waals surface area (Å²) in [6.45, 7) is 5.17. The van der Waals surface area contributed by atoms with E-state index in [1.807, 2.05) is 60.7 Å². The van der Waals surface area contributed by atoms with Crippen LogP contribution < -0.4 is 4.74 Å². The Bertz CT molecular complexity index is 955. The smallest absolute Gasteiger partial charge is 0.360 e. The lowest BCUT2D eigenvalue weighted by Gasteiger charge is -2.16. The first-order chi connectivity index (χ1) is 14.2. The molecule has 3 rings (SSSR count). The number of carbonyl (C=O) groups is 1. The first kappa shape index (κ1) is 20.3. The number of ether oxygens (including phenoxy) is 3. The van der Waals surface area contributed by atoms with Crippen LogP contribution in [-0.2, 0) is 22.7 Å². The van der Waals surface area contributed by atoms with E-state index in [4.69, 9.17) is 14.2 Å². The second kappa shape index (κ2) is 10.2. The summed E-state index contributed by atoms with van der Waals surface area (Å²) in [5.41, 5.74) is 3.53. The molecular formula is C24H23NO4. The maximum absolute atomic E-state index is 12.2. The maximum atomic E-state index is 12.2. The Morgan fingerprint density at radius 3 is 2.17 bits per heavy atom. The highest BCUT2D eigenvalue weighted by atomic mass is 16.5. The Hall–Kier alpha value is -3.44. The second-order valence-corrected chi connectivity index (χ2v) is 6.38. The predicted octanol–water partition coefficient (Wildman–Crippen LogP) is 4.68. The highest BCUT2D eigenvalue weighted by molar-refractivity contribution is 5.92. The molecule has 0 saturated heterocycles. The molecule has 1 heterocycles. The van der Waals surface area contributed by atoms with Gasteiger partial charge in [-0.1, -0.05) is 67.2 Å². The van der Waals surface area contributed by atoms with Crippen LogP contribution in [0.2, 0.25) is 0 Å². The van der Waals surface area contributed by atoms with Crippen molar-refractivity contribution in [3.8, 4) is 5.75 Å². The lowest BCUT2D eigenvalue weighted by atomic mass is 10.1. The van der Waals surface area contributed by atoms with Crippen LogP contribution in [0.1, 0.15) is 27.2 Å². The zero-order valence-electron chi connectivity index (χ0n) is 16.3. The second-order valence-electron chi connectivity index (χ2n) is 6.38. The van der Waals surface area contributed by atoms with Crippen LogP contribution in [0.25, 0.3) is 5.57 Å². The van der Waals surface area contributed by atoms with Crippen molar-refractivity contribution in [1.82, 2.24) is 4.98 Å². The van der Waals surface area contributed by atoms with Gasteiger partial charge in [-0.2, -0.15) is 0 Å². The van der Waals surface area contributed by atoms with E-state index in [0.717, 1.165) is 11.1 Å². The Morgan fingerprint density at radius 1 is 0.931 bits per heavy atom. The SMILES string of the molecule is C=C(COCc1ccccc1)c1ccnc(C(=O)OC)c1OCc1ccccc1. The molecule has 0 aliphatic rings. The molecule has 0 fully saturated rings. The molecule has 0 amide bonds. The van der Waals surface area contributed by atoms with E-state index in [1.54, 1.807) is 12.3 Å². The Balaban J connectivity index is 1.76. The van der Waals surface area contributed by atoms with Gasteiger partial charge in [-0.15, -0.1) is 0 Å². The minimum Gasteiger partial charge on any atom is -0.486 e. The fourth-order valence-electron chi connectivity index (χ4n) is 2.79. The summed E-state index contributed by atoms with van der Waals surface area (Å²) in [6.07, 6.45) is 1.54. The summed E-state index contributed by atoms with van der Waals surface area (Å²) < 4.78 is 16.6. The van der Waals surface area contributed by atoms with Gasteiger partial charge in [0.25, 0.3) is 0 Å². The van der Waals surface area contributed by atoms with E-state index in [2.05, 4.69) is 11.6 Å². The van der Waals surface area contributed by atoms with Crippen molar-refractivity contribution < 1.29 is 19.0 Å². The molecule has 148 valence electrons. The number of hydrogen-bond donors (Lipinski definition) is 0. The summed E-state index contributed by atoms with van der Waals surface area (Å²) in [5.74, 6) is -0.218. The van der Waals surface area contributed by atoms with Gasteiger partial charge in [0.2, 0.25) is 0 Å². The molecule has 29 heavy (non-hydrogen) atoms. The van der Waals surface area contributed by atoms with Gasteiger partial charge in [0.05, 0.1) is 20.3 Å². The number of esters is 1. The summed E-state index contributed by atoms with van der Waals surface area (Å²) >= 11 is 0.